The van der Waals surface area contributed by atoms with E-state index in [2.05, 4.69) is 0 Å². The van der Waals surface area contributed by atoms with E-state index in [4.69, 9.17) is 18.9 Å². The van der Waals surface area contributed by atoms with Crippen molar-refractivity contribution in [3.8, 4) is 17.6 Å². The van der Waals surface area contributed by atoms with Gasteiger partial charge in [0.05, 0.1) is 26.2 Å². The van der Waals surface area contributed by atoms with Crippen molar-refractivity contribution in [2.45, 2.75) is 48.6 Å². The number of thioether (sulfide) groups is 2. The number of carbonyl (C=O) groups is 4. The van der Waals surface area contributed by atoms with Crippen molar-refractivity contribution in [1.82, 2.24) is 4.90 Å². The molecule has 2 aliphatic heterocycles. The molecule has 2 heterocycles. The number of benzene rings is 1. The quantitative estimate of drug-likeness (QED) is 0.461. The van der Waals surface area contributed by atoms with Crippen LogP contribution in [0.1, 0.15) is 44.6 Å². The molecule has 1 aromatic rings. The number of carbonyl (C=O) groups excluding carboxylic acids is 4. The minimum atomic E-state index is -1.64. The minimum absolute atomic E-state index is 0.0666. The van der Waals surface area contributed by atoms with Crippen molar-refractivity contribution in [3.63, 3.8) is 0 Å². The third-order valence-electron chi connectivity index (χ3n) is 6.70. The molecule has 0 aromatic heterocycles. The van der Waals surface area contributed by atoms with Crippen LogP contribution >= 0.6 is 23.5 Å². The van der Waals surface area contributed by atoms with Crippen LogP contribution in [0.4, 0.5) is 9.59 Å². The molecule has 2 unspecified atom stereocenters. The summed E-state index contributed by atoms with van der Waals surface area (Å²) in [5.41, 5.74) is 0.703. The Morgan fingerprint density at radius 3 is 2.44 bits per heavy atom. The number of ketones is 1. The number of amides is 1. The number of ether oxygens (including phenoxy) is 4. The zero-order valence-corrected chi connectivity index (χ0v) is 22.3. The maximum absolute atomic E-state index is 14.4. The standard InChI is InChI=1S/C24H28N2O8S2/c1-6-15(14-8-9-16-17(12-14)34-13-33-16)18-19(27)23(2,35-21(29)31-4)26(3)20(28)24(18,10-7-11-25)36-22(30)32-5/h8-9,12,15,18H,6-7,10,13H2,1-5H3/t15?,18?,23-,24+/m0/s1. The van der Waals surface area contributed by atoms with Crippen LogP contribution in [0.2, 0.25) is 0 Å². The van der Waals surface area contributed by atoms with Gasteiger partial charge < -0.3 is 23.8 Å². The molecular weight excluding hydrogens is 508 g/mol. The number of nitrogens with zero attached hydrogens (tertiary/aromatic N) is 2. The Balaban J connectivity index is 2.24. The summed E-state index contributed by atoms with van der Waals surface area (Å²) in [6.45, 7) is 3.43. The first-order valence-electron chi connectivity index (χ1n) is 11.2. The molecule has 36 heavy (non-hydrogen) atoms. The van der Waals surface area contributed by atoms with E-state index < -0.39 is 43.7 Å². The van der Waals surface area contributed by atoms with Gasteiger partial charge >= 0.3 is 10.6 Å². The number of hydrogen-bond donors (Lipinski definition) is 0. The average Bonchev–Trinajstić information content (AvgIpc) is 3.35. The minimum Gasteiger partial charge on any atom is -0.461 e. The highest BCUT2D eigenvalue weighted by molar-refractivity contribution is 8.15. The second-order valence-corrected chi connectivity index (χ2v) is 11.1. The van der Waals surface area contributed by atoms with Crippen molar-refractivity contribution < 1.29 is 38.1 Å². The summed E-state index contributed by atoms with van der Waals surface area (Å²) < 4.78 is 19.0. The van der Waals surface area contributed by atoms with E-state index in [-0.39, 0.29) is 19.6 Å². The zero-order chi connectivity index (χ0) is 26.7. The molecule has 0 radical (unpaired) electrons. The van der Waals surface area contributed by atoms with Gasteiger partial charge in [0, 0.05) is 13.5 Å². The molecule has 12 heteroatoms. The second-order valence-electron chi connectivity index (χ2n) is 8.48. The lowest BCUT2D eigenvalue weighted by Crippen LogP contribution is -2.69. The molecule has 1 amide bonds. The molecule has 1 fully saturated rings. The Labute approximate surface area is 217 Å². The van der Waals surface area contributed by atoms with E-state index in [0.717, 1.165) is 0 Å². The number of fused-ring (bicyclic) bond motifs is 1. The van der Waals surface area contributed by atoms with Gasteiger partial charge in [0.2, 0.25) is 12.7 Å². The maximum atomic E-state index is 14.4. The van der Waals surface area contributed by atoms with E-state index in [0.29, 0.717) is 47.0 Å². The van der Waals surface area contributed by atoms with Crippen LogP contribution in [0.5, 0.6) is 11.5 Å². The lowest BCUT2D eigenvalue weighted by molar-refractivity contribution is -0.153. The number of likely N-dealkylation sites (tertiary alicyclic amines) is 1. The lowest BCUT2D eigenvalue weighted by atomic mass is 9.67. The van der Waals surface area contributed by atoms with Crippen molar-refractivity contribution >= 4 is 45.8 Å². The summed E-state index contributed by atoms with van der Waals surface area (Å²) in [5.74, 6) is -1.54. The average molecular weight is 537 g/mol. The van der Waals surface area contributed by atoms with Crippen LogP contribution in [0.25, 0.3) is 0 Å². The summed E-state index contributed by atoms with van der Waals surface area (Å²) in [5, 5.41) is 7.91. The highest BCUT2D eigenvalue weighted by Crippen LogP contribution is 2.55. The van der Waals surface area contributed by atoms with E-state index in [9.17, 15) is 24.4 Å². The predicted octanol–water partition coefficient (Wildman–Crippen LogP) is 4.32. The molecule has 194 valence electrons. The molecule has 0 saturated carbocycles. The van der Waals surface area contributed by atoms with Crippen molar-refractivity contribution in [2.24, 2.45) is 5.92 Å². The van der Waals surface area contributed by atoms with Crippen LogP contribution in [-0.4, -0.2) is 64.9 Å². The Morgan fingerprint density at radius 2 is 1.83 bits per heavy atom. The Hall–Kier alpha value is -2.91. The monoisotopic (exact) mass is 536 g/mol. The smallest absolute Gasteiger partial charge is 0.369 e. The van der Waals surface area contributed by atoms with Crippen LogP contribution in [0.3, 0.4) is 0 Å². The molecule has 3 rings (SSSR count). The third kappa shape index (κ3) is 4.74. The van der Waals surface area contributed by atoms with Gasteiger partial charge in [0.15, 0.2) is 22.2 Å². The van der Waals surface area contributed by atoms with Gasteiger partial charge in [-0.2, -0.15) is 5.26 Å². The molecule has 0 N–H and O–H groups in total. The number of hydrogen-bond acceptors (Lipinski definition) is 11. The van der Waals surface area contributed by atoms with E-state index in [1.165, 1.54) is 33.1 Å². The molecule has 0 spiro atoms. The summed E-state index contributed by atoms with van der Waals surface area (Å²) in [6.07, 6.45) is 0.275. The number of piperidine rings is 1. The van der Waals surface area contributed by atoms with Gasteiger partial charge in [-0.05, 0) is 66.9 Å². The Morgan fingerprint density at radius 1 is 1.19 bits per heavy atom. The highest BCUT2D eigenvalue weighted by Gasteiger charge is 2.65. The van der Waals surface area contributed by atoms with Gasteiger partial charge in [0.25, 0.3) is 0 Å². The fraction of sp³-hybridized carbons (Fsp3) is 0.542. The lowest BCUT2D eigenvalue weighted by Gasteiger charge is -2.53. The van der Waals surface area contributed by atoms with Crippen LogP contribution in [0, 0.1) is 17.2 Å². The van der Waals surface area contributed by atoms with E-state index >= 15 is 0 Å². The molecular formula is C24H28N2O8S2. The second kappa shape index (κ2) is 11.0. The predicted molar refractivity (Wildman–Crippen MR) is 133 cm³/mol. The molecule has 1 saturated heterocycles. The molecule has 0 aliphatic carbocycles. The fourth-order valence-electron chi connectivity index (χ4n) is 4.77. The topological polar surface area (TPSA) is 132 Å². The van der Waals surface area contributed by atoms with Crippen molar-refractivity contribution in [2.75, 3.05) is 28.1 Å². The fourth-order valence-corrected chi connectivity index (χ4v) is 6.83. The summed E-state index contributed by atoms with van der Waals surface area (Å²) >= 11 is 1.21. The molecule has 4 atom stereocenters. The van der Waals surface area contributed by atoms with Gasteiger partial charge in [0.1, 0.15) is 4.75 Å². The maximum Gasteiger partial charge on any atom is 0.369 e. The molecule has 2 aliphatic rings. The number of methoxy groups -OCH3 is 2. The van der Waals surface area contributed by atoms with Crippen LogP contribution in [-0.2, 0) is 19.1 Å². The van der Waals surface area contributed by atoms with Gasteiger partial charge in [-0.25, -0.2) is 9.59 Å². The van der Waals surface area contributed by atoms with Gasteiger partial charge in [-0.15, -0.1) is 0 Å². The third-order valence-corrected chi connectivity index (χ3v) is 9.24. The van der Waals surface area contributed by atoms with Crippen molar-refractivity contribution in [3.05, 3.63) is 23.8 Å². The van der Waals surface area contributed by atoms with Crippen LogP contribution < -0.4 is 9.47 Å². The van der Waals surface area contributed by atoms with Crippen molar-refractivity contribution in [1.29, 1.82) is 5.26 Å². The highest BCUT2D eigenvalue weighted by atomic mass is 32.2. The molecule has 1 aromatic carbocycles. The summed E-state index contributed by atoms with van der Waals surface area (Å²) in [6, 6.07) is 7.31. The first-order chi connectivity index (χ1) is 17.1. The first kappa shape index (κ1) is 27.7. The van der Waals surface area contributed by atoms with Crippen LogP contribution in [0.15, 0.2) is 18.2 Å². The summed E-state index contributed by atoms with van der Waals surface area (Å²) in [4.78, 5) is 52.9. The normalized spacial score (nSPS) is 25.8. The number of nitriles is 1. The number of rotatable bonds is 7. The summed E-state index contributed by atoms with van der Waals surface area (Å²) in [7, 11) is 3.79. The van der Waals surface area contributed by atoms with Gasteiger partial charge in [-0.1, -0.05) is 13.0 Å². The zero-order valence-electron chi connectivity index (χ0n) is 20.7. The molecule has 0 bridgehead atoms. The van der Waals surface area contributed by atoms with E-state index in [1.807, 2.05) is 13.0 Å². The Kier molecular flexibility index (Phi) is 8.46. The number of likely N-dealkylation sites (N-methyl/N-ethyl adjacent to an activating group) is 1. The van der Waals surface area contributed by atoms with E-state index in [1.54, 1.807) is 18.2 Å². The van der Waals surface area contributed by atoms with Gasteiger partial charge in [-0.3, -0.25) is 9.59 Å². The molecule has 10 nitrogen and oxygen atoms in total. The largest absolute Gasteiger partial charge is 0.461 e. The Bertz CT molecular complexity index is 1110. The SMILES string of the molecule is CCC(c1ccc2c(c1)OCO2)C1C(=O)[C@](C)(SC(=O)OC)N(C)C(=O)[C@]1(CCC#N)SC(=O)OC. The first-order valence-corrected chi connectivity index (χ1v) is 12.9. The number of Topliss-reactive ketones (excluding diaryl/α,β-unsaturated/α-hetero) is 1.